The van der Waals surface area contributed by atoms with Gasteiger partial charge in [-0.1, -0.05) is 0 Å². The molecule has 0 N–H and O–H groups in total. The van der Waals surface area contributed by atoms with E-state index >= 15 is 0 Å². The van der Waals surface area contributed by atoms with Crippen molar-refractivity contribution >= 4 is 16.9 Å². The summed E-state index contributed by atoms with van der Waals surface area (Å²) < 4.78 is 6.70. The van der Waals surface area contributed by atoms with Crippen molar-refractivity contribution in [2.24, 2.45) is 0 Å². The third kappa shape index (κ3) is 0.836. The quantitative estimate of drug-likeness (QED) is 0.583. The first kappa shape index (κ1) is 7.38. The molecular formula is C11H7NO2. The molecule has 0 unspecified atom stereocenters. The largest absolute Gasteiger partial charge is 0.459 e. The molecule has 0 saturated carbocycles. The van der Waals surface area contributed by atoms with Crippen molar-refractivity contribution < 1.29 is 9.21 Å². The van der Waals surface area contributed by atoms with E-state index in [1.54, 1.807) is 16.7 Å². The van der Waals surface area contributed by atoms with E-state index in [4.69, 9.17) is 4.42 Å². The topological polar surface area (TPSA) is 35.1 Å². The highest BCUT2D eigenvalue weighted by Crippen LogP contribution is 2.18. The molecule has 0 fully saturated rings. The Morgan fingerprint density at radius 2 is 1.71 bits per heavy atom. The summed E-state index contributed by atoms with van der Waals surface area (Å²) in [5.41, 5.74) is 1.81. The number of carbonyl (C=O) groups is 1. The van der Waals surface area contributed by atoms with Gasteiger partial charge in [-0.3, -0.25) is 9.36 Å². The van der Waals surface area contributed by atoms with Gasteiger partial charge in [-0.2, -0.15) is 0 Å². The number of hydrogen-bond acceptors (Lipinski definition) is 2. The van der Waals surface area contributed by atoms with Gasteiger partial charge in [-0.25, -0.2) is 0 Å². The summed E-state index contributed by atoms with van der Waals surface area (Å²) in [7, 11) is 0. The van der Waals surface area contributed by atoms with E-state index in [1.165, 1.54) is 6.26 Å². The maximum absolute atomic E-state index is 11.9. The summed E-state index contributed by atoms with van der Waals surface area (Å²) in [5.74, 6) is 0.252. The maximum atomic E-state index is 11.9. The second kappa shape index (κ2) is 2.48. The van der Waals surface area contributed by atoms with Crippen LogP contribution in [0.5, 0.6) is 0 Å². The molecule has 3 heteroatoms. The average Bonchev–Trinajstić information content (AvgIpc) is 2.94. The molecule has 14 heavy (non-hydrogen) atoms. The van der Waals surface area contributed by atoms with Crippen LogP contribution in [0.3, 0.4) is 0 Å². The van der Waals surface area contributed by atoms with Crippen LogP contribution in [-0.4, -0.2) is 10.5 Å². The highest BCUT2D eigenvalue weighted by molar-refractivity contribution is 6.01. The van der Waals surface area contributed by atoms with Crippen molar-refractivity contribution in [3.05, 3.63) is 48.4 Å². The van der Waals surface area contributed by atoms with E-state index in [0.717, 1.165) is 11.0 Å². The number of aromatic nitrogens is 1. The van der Waals surface area contributed by atoms with Crippen molar-refractivity contribution in [1.82, 2.24) is 4.57 Å². The summed E-state index contributed by atoms with van der Waals surface area (Å²) in [6.45, 7) is 0. The summed E-state index contributed by atoms with van der Waals surface area (Å²) in [5, 5.41) is 0. The van der Waals surface area contributed by atoms with Crippen LogP contribution in [0.1, 0.15) is 10.6 Å². The highest BCUT2D eigenvalue weighted by Gasteiger charge is 2.15. The minimum atomic E-state index is -0.116. The van der Waals surface area contributed by atoms with Gasteiger partial charge >= 0.3 is 0 Å². The fourth-order valence-corrected chi connectivity index (χ4v) is 1.64. The van der Waals surface area contributed by atoms with Gasteiger partial charge < -0.3 is 4.42 Å². The van der Waals surface area contributed by atoms with Gasteiger partial charge in [0.15, 0.2) is 5.76 Å². The van der Waals surface area contributed by atoms with Crippen molar-refractivity contribution in [1.29, 1.82) is 0 Å². The highest BCUT2D eigenvalue weighted by atomic mass is 16.3. The minimum Gasteiger partial charge on any atom is -0.459 e. The van der Waals surface area contributed by atoms with Crippen LogP contribution in [0.15, 0.2) is 47.1 Å². The Morgan fingerprint density at radius 3 is 2.21 bits per heavy atom. The van der Waals surface area contributed by atoms with Gasteiger partial charge in [0.2, 0.25) is 0 Å². The predicted molar refractivity (Wildman–Crippen MR) is 51.6 cm³/mol. The van der Waals surface area contributed by atoms with E-state index < -0.39 is 0 Å². The molecule has 0 atom stereocenters. The smallest absolute Gasteiger partial charge is 0.298 e. The van der Waals surface area contributed by atoms with Gasteiger partial charge in [-0.15, -0.1) is 0 Å². The van der Waals surface area contributed by atoms with Crippen LogP contribution < -0.4 is 0 Å². The molecule has 0 spiro atoms. The Bertz CT molecular complexity index is 514. The molecule has 0 aromatic carbocycles. The molecule has 3 rings (SSSR count). The van der Waals surface area contributed by atoms with Crippen molar-refractivity contribution in [3.63, 3.8) is 0 Å². The van der Waals surface area contributed by atoms with Crippen LogP contribution in [0.25, 0.3) is 11.0 Å². The average molecular weight is 185 g/mol. The molecular weight excluding hydrogens is 178 g/mol. The zero-order valence-electron chi connectivity index (χ0n) is 7.31. The normalized spacial score (nSPS) is 11.1. The van der Waals surface area contributed by atoms with Gasteiger partial charge in [0, 0.05) is 11.0 Å². The van der Waals surface area contributed by atoms with E-state index in [2.05, 4.69) is 0 Å². The summed E-state index contributed by atoms with van der Waals surface area (Å²) in [4.78, 5) is 11.9. The lowest BCUT2D eigenvalue weighted by atomic mass is 10.4. The maximum Gasteiger partial charge on any atom is 0.298 e. The first-order chi connectivity index (χ1) is 6.86. The molecule has 0 amide bonds. The second-order valence-corrected chi connectivity index (χ2v) is 3.13. The van der Waals surface area contributed by atoms with Gasteiger partial charge in [-0.05, 0) is 36.4 Å². The fourth-order valence-electron chi connectivity index (χ4n) is 1.64. The van der Waals surface area contributed by atoms with Gasteiger partial charge in [0.1, 0.15) is 0 Å². The number of benzene rings is 1. The lowest BCUT2D eigenvalue weighted by molar-refractivity contribution is 0.0942. The van der Waals surface area contributed by atoms with Crippen molar-refractivity contribution in [2.45, 2.75) is 0 Å². The van der Waals surface area contributed by atoms with Crippen LogP contribution in [-0.2, 0) is 0 Å². The van der Waals surface area contributed by atoms with Crippen LogP contribution in [0.2, 0.25) is 0 Å². The first-order valence-electron chi connectivity index (χ1n) is 4.34. The summed E-state index contributed by atoms with van der Waals surface area (Å²) in [6, 6.07) is 11.0. The molecule has 68 valence electrons. The lowest BCUT2D eigenvalue weighted by Crippen LogP contribution is -2.08. The van der Waals surface area contributed by atoms with E-state index in [0.29, 0.717) is 5.76 Å². The second-order valence-electron chi connectivity index (χ2n) is 3.13. The third-order valence-corrected chi connectivity index (χ3v) is 2.30. The molecule has 2 bridgehead atoms. The Balaban J connectivity index is 2.17. The Kier molecular flexibility index (Phi) is 1.31. The lowest BCUT2D eigenvalue weighted by Gasteiger charge is -1.98. The molecule has 3 aromatic rings. The molecule has 0 aliphatic heterocycles. The van der Waals surface area contributed by atoms with Crippen LogP contribution >= 0.6 is 0 Å². The molecule has 0 saturated heterocycles. The number of carbonyl (C=O) groups excluding carboxylic acids is 1. The number of fused-ring (bicyclic) bond motifs is 2. The number of nitrogens with zero attached hydrogens (tertiary/aromatic N) is 1. The first-order valence-corrected chi connectivity index (χ1v) is 4.34. The fraction of sp³-hybridized carbons (Fsp3) is 0. The number of rotatable bonds is 1. The Hall–Kier alpha value is -2.03. The zero-order chi connectivity index (χ0) is 9.54. The van der Waals surface area contributed by atoms with E-state index in [9.17, 15) is 4.79 Å². The van der Waals surface area contributed by atoms with Crippen molar-refractivity contribution in [2.75, 3.05) is 0 Å². The Labute approximate surface area is 79.9 Å². The van der Waals surface area contributed by atoms with Gasteiger partial charge in [0.05, 0.1) is 6.26 Å². The molecule has 0 aliphatic rings. The third-order valence-electron chi connectivity index (χ3n) is 2.30. The van der Waals surface area contributed by atoms with Crippen LogP contribution in [0.4, 0.5) is 0 Å². The Morgan fingerprint density at radius 1 is 1.07 bits per heavy atom. The minimum absolute atomic E-state index is 0.116. The molecule has 0 radical (unpaired) electrons. The summed E-state index contributed by atoms with van der Waals surface area (Å²) in [6.07, 6.45) is 1.50. The van der Waals surface area contributed by atoms with Crippen LogP contribution in [0, 0.1) is 0 Å². The monoisotopic (exact) mass is 185 g/mol. The van der Waals surface area contributed by atoms with E-state index in [1.807, 2.05) is 24.3 Å². The standard InChI is InChI=1S/C11H7NO2/c13-11(10-2-1-7-14-10)12-8-3-4-9(12)6-5-8/h1-7H. The SMILES string of the molecule is O=C(c1ccco1)n1c2ccc1cc2. The molecule has 3 aromatic heterocycles. The van der Waals surface area contributed by atoms with Crippen molar-refractivity contribution in [3.8, 4) is 0 Å². The molecule has 3 nitrogen and oxygen atoms in total. The van der Waals surface area contributed by atoms with E-state index in [-0.39, 0.29) is 5.91 Å². The number of hydrogen-bond donors (Lipinski definition) is 0. The molecule has 3 heterocycles. The number of furan rings is 1. The summed E-state index contributed by atoms with van der Waals surface area (Å²) >= 11 is 0. The molecule has 0 aliphatic carbocycles. The predicted octanol–water partition coefficient (Wildman–Crippen LogP) is 2.36. The zero-order valence-corrected chi connectivity index (χ0v) is 7.31. The van der Waals surface area contributed by atoms with Gasteiger partial charge in [0.25, 0.3) is 5.91 Å².